The minimum atomic E-state index is -1.15. The summed E-state index contributed by atoms with van der Waals surface area (Å²) in [6, 6.07) is 21.8. The number of benzene rings is 3. The van der Waals surface area contributed by atoms with Gasteiger partial charge in [-0.3, -0.25) is 14.5 Å². The Labute approximate surface area is 262 Å². The lowest BCUT2D eigenvalue weighted by Crippen LogP contribution is -2.62. The first-order chi connectivity index (χ1) is 21.4. The van der Waals surface area contributed by atoms with E-state index < -0.39 is 48.2 Å². The molecule has 1 fully saturated rings. The number of methoxy groups -OCH3 is 1. The minimum absolute atomic E-state index is 0.0185. The van der Waals surface area contributed by atoms with Crippen LogP contribution in [0.5, 0.6) is 5.75 Å². The Bertz CT molecular complexity index is 1490. The van der Waals surface area contributed by atoms with E-state index in [0.29, 0.717) is 11.3 Å². The third-order valence-electron chi connectivity index (χ3n) is 7.20. The molecule has 3 amide bonds. The van der Waals surface area contributed by atoms with Gasteiger partial charge in [0.1, 0.15) is 24.0 Å². The Morgan fingerprint density at radius 2 is 1.58 bits per heavy atom. The zero-order valence-electron chi connectivity index (χ0n) is 25.9. The van der Waals surface area contributed by atoms with Gasteiger partial charge in [0.2, 0.25) is 5.91 Å². The molecule has 0 spiro atoms. The smallest absolute Gasteiger partial charge is 0.411 e. The molecule has 2 atom stereocenters. The predicted octanol–water partition coefficient (Wildman–Crippen LogP) is 5.25. The Morgan fingerprint density at radius 1 is 0.911 bits per heavy atom. The maximum absolute atomic E-state index is 13.8. The molecule has 3 aromatic rings. The number of hydrogen-bond acceptors (Lipinski definition) is 7. The zero-order valence-corrected chi connectivity index (χ0v) is 25.9. The number of ether oxygens (including phenoxy) is 3. The fourth-order valence-electron chi connectivity index (χ4n) is 5.00. The second kappa shape index (κ2) is 14.6. The molecule has 11 nitrogen and oxygen atoms in total. The maximum Gasteiger partial charge on any atom is 0.411 e. The van der Waals surface area contributed by atoms with Crippen LogP contribution in [-0.4, -0.2) is 77.4 Å². The van der Waals surface area contributed by atoms with E-state index in [9.17, 15) is 24.3 Å². The Hall–Kier alpha value is -5.06. The van der Waals surface area contributed by atoms with E-state index in [1.165, 1.54) is 9.80 Å². The second-order valence-electron chi connectivity index (χ2n) is 11.7. The maximum atomic E-state index is 13.8. The molecule has 1 unspecified atom stereocenters. The molecule has 1 saturated heterocycles. The van der Waals surface area contributed by atoms with Crippen LogP contribution in [0.15, 0.2) is 78.9 Å². The molecule has 1 aliphatic heterocycles. The van der Waals surface area contributed by atoms with Crippen molar-refractivity contribution in [1.82, 2.24) is 15.1 Å². The first-order valence-electron chi connectivity index (χ1n) is 14.7. The van der Waals surface area contributed by atoms with Crippen LogP contribution in [0.4, 0.5) is 9.59 Å². The number of para-hydroxylation sites is 1. The van der Waals surface area contributed by atoms with Crippen LogP contribution < -0.4 is 10.1 Å². The van der Waals surface area contributed by atoms with E-state index >= 15 is 0 Å². The number of carbonyl (C=O) groups is 4. The number of nitrogens with zero attached hydrogens (tertiary/aromatic N) is 2. The molecule has 4 rings (SSSR count). The van der Waals surface area contributed by atoms with Crippen molar-refractivity contribution in [2.75, 3.05) is 26.7 Å². The number of carboxylic acid groups (broad SMARTS) is 1. The molecule has 11 heteroatoms. The fourth-order valence-corrected chi connectivity index (χ4v) is 5.00. The summed E-state index contributed by atoms with van der Waals surface area (Å²) in [7, 11) is 1.58. The van der Waals surface area contributed by atoms with E-state index in [1.54, 1.807) is 40.0 Å². The van der Waals surface area contributed by atoms with Crippen molar-refractivity contribution in [3.05, 3.63) is 90.0 Å². The van der Waals surface area contributed by atoms with Crippen LogP contribution in [0.3, 0.4) is 0 Å². The summed E-state index contributed by atoms with van der Waals surface area (Å²) >= 11 is 0. The molecule has 1 aliphatic rings. The highest BCUT2D eigenvalue weighted by Crippen LogP contribution is 2.31. The highest BCUT2D eigenvalue weighted by Gasteiger charge is 2.40. The summed E-state index contributed by atoms with van der Waals surface area (Å²) in [5.74, 6) is -1.05. The van der Waals surface area contributed by atoms with Crippen molar-refractivity contribution in [2.45, 2.75) is 51.5 Å². The number of carboxylic acids is 1. The molecule has 3 aromatic carbocycles. The van der Waals surface area contributed by atoms with Crippen LogP contribution in [0.1, 0.15) is 44.4 Å². The van der Waals surface area contributed by atoms with Gasteiger partial charge in [-0.1, -0.05) is 72.8 Å². The van der Waals surface area contributed by atoms with Gasteiger partial charge in [-0.25, -0.2) is 9.59 Å². The van der Waals surface area contributed by atoms with Crippen LogP contribution in [0.2, 0.25) is 0 Å². The summed E-state index contributed by atoms with van der Waals surface area (Å²) in [5, 5.41) is 12.5. The first-order valence-corrected chi connectivity index (χ1v) is 14.7. The van der Waals surface area contributed by atoms with Crippen molar-refractivity contribution in [3.63, 3.8) is 0 Å². The van der Waals surface area contributed by atoms with Gasteiger partial charge in [0.05, 0.1) is 26.1 Å². The van der Waals surface area contributed by atoms with Gasteiger partial charge in [0.15, 0.2) is 0 Å². The van der Waals surface area contributed by atoms with Gasteiger partial charge in [0.25, 0.3) is 0 Å². The van der Waals surface area contributed by atoms with Crippen molar-refractivity contribution in [1.29, 1.82) is 0 Å². The molecular weight excluding hydrogens is 578 g/mol. The van der Waals surface area contributed by atoms with Gasteiger partial charge in [-0.05, 0) is 43.5 Å². The van der Waals surface area contributed by atoms with Gasteiger partial charge in [-0.15, -0.1) is 0 Å². The molecule has 0 bridgehead atoms. The molecule has 0 saturated carbocycles. The molecule has 45 heavy (non-hydrogen) atoms. The third-order valence-corrected chi connectivity index (χ3v) is 7.20. The number of carbonyl (C=O) groups excluding carboxylic acids is 3. The quantitative estimate of drug-likeness (QED) is 0.333. The predicted molar refractivity (Wildman–Crippen MR) is 166 cm³/mol. The van der Waals surface area contributed by atoms with Crippen LogP contribution in [0.25, 0.3) is 11.1 Å². The van der Waals surface area contributed by atoms with Gasteiger partial charge < -0.3 is 29.5 Å². The number of rotatable bonds is 9. The number of amides is 3. The lowest BCUT2D eigenvalue weighted by atomic mass is 9.98. The molecule has 0 radical (unpaired) electrons. The van der Waals surface area contributed by atoms with E-state index in [1.807, 2.05) is 66.7 Å². The number of aliphatic carboxylic acids is 1. The lowest BCUT2D eigenvalue weighted by Gasteiger charge is -2.40. The van der Waals surface area contributed by atoms with E-state index in [-0.39, 0.29) is 26.2 Å². The minimum Gasteiger partial charge on any atom is -0.496 e. The van der Waals surface area contributed by atoms with Crippen molar-refractivity contribution in [3.8, 4) is 16.9 Å². The fraction of sp³-hybridized carbons (Fsp3) is 0.353. The molecule has 2 N–H and O–H groups in total. The largest absolute Gasteiger partial charge is 0.496 e. The topological polar surface area (TPSA) is 135 Å². The molecule has 0 aliphatic carbocycles. The highest BCUT2D eigenvalue weighted by molar-refractivity contribution is 5.88. The first kappa shape index (κ1) is 32.8. The third kappa shape index (κ3) is 8.98. The molecular formula is C34H39N3O8. The van der Waals surface area contributed by atoms with E-state index in [2.05, 4.69) is 5.32 Å². The van der Waals surface area contributed by atoms with E-state index in [4.69, 9.17) is 14.2 Å². The molecule has 238 valence electrons. The number of hydrogen-bond donors (Lipinski definition) is 2. The molecule has 1 heterocycles. The number of nitrogens with one attached hydrogen (secondary N) is 1. The Balaban J connectivity index is 1.54. The average Bonchev–Trinajstić information content (AvgIpc) is 3.02. The lowest BCUT2D eigenvalue weighted by molar-refractivity contribution is -0.138. The van der Waals surface area contributed by atoms with Crippen molar-refractivity contribution < 1.29 is 38.5 Å². The standard InChI is InChI=1S/C34H39N3O8/c1-34(2,3)45-33(42)37-19-18-36(32(41)44-22-23-10-6-5-7-11-23)21-28(37)31(40)35-27(20-30(38)39)25-16-14-24(15-17-25)26-12-8-9-13-29(26)43-4/h5-17,27-28H,18-22H2,1-4H3,(H,35,40)(H,38,39)/t27-,28?/m1/s1. The molecule has 0 aromatic heterocycles. The average molecular weight is 618 g/mol. The highest BCUT2D eigenvalue weighted by atomic mass is 16.6. The van der Waals surface area contributed by atoms with Crippen molar-refractivity contribution >= 4 is 24.1 Å². The second-order valence-corrected chi connectivity index (χ2v) is 11.7. The van der Waals surface area contributed by atoms with Gasteiger partial charge >= 0.3 is 18.2 Å². The monoisotopic (exact) mass is 617 g/mol. The SMILES string of the molecule is COc1ccccc1-c1ccc([C@@H](CC(=O)O)NC(=O)C2CN(C(=O)OCc3ccccc3)CCN2C(=O)OC(C)(C)C)cc1. The zero-order chi connectivity index (χ0) is 32.6. The number of piperazine rings is 1. The van der Waals surface area contributed by atoms with Crippen LogP contribution in [0, 0.1) is 0 Å². The summed E-state index contributed by atoms with van der Waals surface area (Å²) in [4.78, 5) is 54.4. The summed E-state index contributed by atoms with van der Waals surface area (Å²) in [6.07, 6.45) is -1.74. The van der Waals surface area contributed by atoms with Crippen molar-refractivity contribution in [2.24, 2.45) is 0 Å². The normalized spacial score (nSPS) is 15.5. The summed E-state index contributed by atoms with van der Waals surface area (Å²) in [5.41, 5.74) is 2.26. The Kier molecular flexibility index (Phi) is 10.7. The Morgan fingerprint density at radius 3 is 2.22 bits per heavy atom. The van der Waals surface area contributed by atoms with E-state index in [0.717, 1.165) is 16.7 Å². The van der Waals surface area contributed by atoms with Crippen LogP contribution >= 0.6 is 0 Å². The summed E-state index contributed by atoms with van der Waals surface area (Å²) in [6.45, 7) is 5.18. The van der Waals surface area contributed by atoms with Gasteiger partial charge in [0, 0.05) is 18.7 Å². The summed E-state index contributed by atoms with van der Waals surface area (Å²) < 4.78 is 16.5. The van der Waals surface area contributed by atoms with Gasteiger partial charge in [-0.2, -0.15) is 0 Å². The van der Waals surface area contributed by atoms with Crippen LogP contribution in [-0.2, 0) is 25.7 Å².